The predicted octanol–water partition coefficient (Wildman–Crippen LogP) is 0.172. The summed E-state index contributed by atoms with van der Waals surface area (Å²) >= 11 is 0. The molecule has 0 atom stereocenters. The lowest BCUT2D eigenvalue weighted by atomic mass is 10.2. The van der Waals surface area contributed by atoms with Crippen molar-refractivity contribution in [1.82, 2.24) is 5.73 Å². The van der Waals surface area contributed by atoms with Gasteiger partial charge in [0.1, 0.15) is 0 Å². The second-order valence-electron chi connectivity index (χ2n) is 2.54. The predicted molar refractivity (Wildman–Crippen MR) is 47.7 cm³/mol. The Kier molecular flexibility index (Phi) is 1.53. The van der Waals surface area contributed by atoms with Crippen molar-refractivity contribution in [2.24, 2.45) is 4.40 Å². The Hall–Kier alpha value is -1.56. The maximum absolute atomic E-state index is 11.0. The van der Waals surface area contributed by atoms with E-state index in [9.17, 15) is 14.2 Å². The third kappa shape index (κ3) is 1.35. The highest BCUT2D eigenvalue weighted by Gasteiger charge is 2.20. The van der Waals surface area contributed by atoms with Crippen molar-refractivity contribution in [3.63, 3.8) is 0 Å². The molecule has 1 aromatic carbocycles. The Balaban J connectivity index is 2.68. The maximum Gasteiger partial charge on any atom is 0.344 e. The molecule has 1 aliphatic rings. The van der Waals surface area contributed by atoms with E-state index in [1.54, 1.807) is 24.3 Å². The van der Waals surface area contributed by atoms with Crippen LogP contribution in [0.4, 0.5) is 5.69 Å². The fourth-order valence-electron chi connectivity index (χ4n) is 1.09. The van der Waals surface area contributed by atoms with E-state index in [0.717, 1.165) is 0 Å². The molecule has 0 saturated carbocycles. The Morgan fingerprint density at radius 3 is 2.77 bits per heavy atom. The highest BCUT2D eigenvalue weighted by atomic mass is 32.2. The smallest absolute Gasteiger partial charge is 0.264 e. The van der Waals surface area contributed by atoms with E-state index in [1.807, 2.05) is 0 Å². The average molecular weight is 195 g/mol. The zero-order valence-corrected chi connectivity index (χ0v) is 7.25. The fraction of sp³-hybridized carbons (Fsp3) is 0. The number of nitrogens with zero attached hydrogens (tertiary/aromatic N) is 2. The van der Waals surface area contributed by atoms with Gasteiger partial charge < -0.3 is 0 Å². The number of nitrogens with one attached hydrogen (secondary N) is 1. The fourth-order valence-corrected chi connectivity index (χ4v) is 1.92. The molecule has 1 aromatic rings. The van der Waals surface area contributed by atoms with Gasteiger partial charge in [0.05, 0.1) is 5.69 Å². The molecule has 5 nitrogen and oxygen atoms in total. The topological polar surface area (TPSA) is 80.8 Å². The zero-order chi connectivity index (χ0) is 9.47. The summed E-state index contributed by atoms with van der Waals surface area (Å²) in [6, 6.07) is 6.48. The van der Waals surface area contributed by atoms with Crippen LogP contribution in [0.15, 0.2) is 28.7 Å². The van der Waals surface area contributed by atoms with E-state index in [4.69, 9.17) is 0 Å². The van der Waals surface area contributed by atoms with Crippen LogP contribution in [0, 0.1) is 0 Å². The maximum atomic E-state index is 11.0. The minimum absolute atomic E-state index is 0.343. The van der Waals surface area contributed by atoms with Crippen LogP contribution >= 0.6 is 0 Å². The van der Waals surface area contributed by atoms with Crippen LogP contribution < -0.4 is 10.5 Å². The molecule has 0 spiro atoms. The Morgan fingerprint density at radius 1 is 1.31 bits per heavy atom. The van der Waals surface area contributed by atoms with Gasteiger partial charge in [-0.2, -0.15) is 8.42 Å². The monoisotopic (exact) mass is 195 g/mol. The van der Waals surface area contributed by atoms with E-state index in [0.29, 0.717) is 11.3 Å². The minimum Gasteiger partial charge on any atom is -0.264 e. The van der Waals surface area contributed by atoms with Gasteiger partial charge in [0.15, 0.2) is 5.84 Å². The number of rotatable bonds is 0. The molecule has 0 aliphatic carbocycles. The molecule has 0 bridgehead atoms. The van der Waals surface area contributed by atoms with Crippen molar-refractivity contribution >= 4 is 21.7 Å². The van der Waals surface area contributed by atoms with E-state index in [2.05, 4.69) is 9.12 Å². The molecule has 66 valence electrons. The van der Waals surface area contributed by atoms with Gasteiger partial charge in [-0.05, 0) is 12.1 Å². The van der Waals surface area contributed by atoms with Gasteiger partial charge in [0, 0.05) is 5.56 Å². The zero-order valence-electron chi connectivity index (χ0n) is 6.43. The highest BCUT2D eigenvalue weighted by Crippen LogP contribution is 2.21. The molecule has 2 rings (SSSR count). The first kappa shape index (κ1) is 8.06. The summed E-state index contributed by atoms with van der Waals surface area (Å²) in [4.78, 5) is 0. The summed E-state index contributed by atoms with van der Waals surface area (Å²) in [7, 11) is -3.76. The standard InChI is InChI=1S/C7H5N3O2S/c8-7-5-3-1-2-4-6(5)9-13(11,12)10-7/h1-4,9H. The number of para-hydroxylation sites is 1. The Bertz CT molecular complexity index is 478. The van der Waals surface area contributed by atoms with Crippen molar-refractivity contribution in [3.05, 3.63) is 29.8 Å². The Morgan fingerprint density at radius 2 is 2.00 bits per heavy atom. The number of anilines is 1. The quantitative estimate of drug-likeness (QED) is 0.640. The normalized spacial score (nSPS) is 18.3. The highest BCUT2D eigenvalue weighted by molar-refractivity contribution is 7.91. The van der Waals surface area contributed by atoms with Crippen LogP contribution in [-0.4, -0.2) is 14.3 Å². The van der Waals surface area contributed by atoms with Gasteiger partial charge in [0.25, 0.3) is 0 Å². The van der Waals surface area contributed by atoms with Gasteiger partial charge in [-0.3, -0.25) is 4.72 Å². The van der Waals surface area contributed by atoms with Gasteiger partial charge >= 0.3 is 10.2 Å². The molecule has 0 unspecified atom stereocenters. The Labute approximate surface area is 75.5 Å². The summed E-state index contributed by atoms with van der Waals surface area (Å²) in [6.45, 7) is 0. The summed E-state index contributed by atoms with van der Waals surface area (Å²) in [6.07, 6.45) is 0. The number of hydrogen-bond donors (Lipinski definition) is 1. The number of amidine groups is 1. The molecular weight excluding hydrogens is 190 g/mol. The van der Waals surface area contributed by atoms with Gasteiger partial charge in [-0.15, -0.1) is 10.1 Å². The van der Waals surface area contributed by atoms with Gasteiger partial charge in [0.2, 0.25) is 0 Å². The first-order valence-electron chi connectivity index (χ1n) is 3.49. The second-order valence-corrected chi connectivity index (χ2v) is 3.87. The third-order valence-electron chi connectivity index (χ3n) is 1.61. The first-order valence-corrected chi connectivity index (χ1v) is 4.93. The molecular formula is C7H5N3O2S. The lowest BCUT2D eigenvalue weighted by Crippen LogP contribution is -2.21. The largest absolute Gasteiger partial charge is 0.344 e. The summed E-state index contributed by atoms with van der Waals surface area (Å²) < 4.78 is 27.2. The average Bonchev–Trinajstić information content (AvgIpc) is 2.02. The molecule has 1 heterocycles. The van der Waals surface area contributed by atoms with Crippen molar-refractivity contribution in [1.29, 1.82) is 0 Å². The van der Waals surface area contributed by atoms with E-state index in [-0.39, 0.29) is 0 Å². The number of benzene rings is 1. The summed E-state index contributed by atoms with van der Waals surface area (Å²) in [5, 5.41) is 0. The molecule has 0 aromatic heterocycles. The van der Waals surface area contributed by atoms with Crippen molar-refractivity contribution in [3.8, 4) is 0 Å². The second kappa shape index (κ2) is 2.46. The van der Waals surface area contributed by atoms with E-state index >= 15 is 0 Å². The lowest BCUT2D eigenvalue weighted by Gasteiger charge is -2.12. The molecule has 0 fully saturated rings. The molecule has 0 saturated heterocycles. The molecule has 6 heteroatoms. The van der Waals surface area contributed by atoms with Crippen LogP contribution in [0.25, 0.3) is 0 Å². The number of fused-ring (bicyclic) bond motifs is 1. The molecule has 13 heavy (non-hydrogen) atoms. The van der Waals surface area contributed by atoms with Crippen molar-refractivity contribution in [2.45, 2.75) is 0 Å². The SMILES string of the molecule is [N]C1=NS(=O)(=O)Nc2ccccc21. The lowest BCUT2D eigenvalue weighted by molar-refractivity contribution is 0.602. The van der Waals surface area contributed by atoms with Crippen LogP contribution in [0.1, 0.15) is 5.56 Å². The summed E-state index contributed by atoms with van der Waals surface area (Å²) in [5.41, 5.74) is 9.96. The first-order chi connectivity index (χ1) is 6.08. The molecule has 0 amide bonds. The van der Waals surface area contributed by atoms with E-state index < -0.39 is 16.0 Å². The van der Waals surface area contributed by atoms with Gasteiger partial charge in [-0.25, -0.2) is 0 Å². The van der Waals surface area contributed by atoms with Crippen LogP contribution in [-0.2, 0) is 10.2 Å². The van der Waals surface area contributed by atoms with Crippen LogP contribution in [0.3, 0.4) is 0 Å². The van der Waals surface area contributed by atoms with E-state index in [1.165, 1.54) is 0 Å². The molecule has 1 aliphatic heterocycles. The van der Waals surface area contributed by atoms with Crippen LogP contribution in [0.5, 0.6) is 0 Å². The minimum atomic E-state index is -3.76. The van der Waals surface area contributed by atoms with Gasteiger partial charge in [-0.1, -0.05) is 12.1 Å². The van der Waals surface area contributed by atoms with Crippen molar-refractivity contribution in [2.75, 3.05) is 4.72 Å². The summed E-state index contributed by atoms with van der Waals surface area (Å²) in [5.74, 6) is -0.477. The van der Waals surface area contributed by atoms with Crippen molar-refractivity contribution < 1.29 is 8.42 Å². The molecule has 1 N–H and O–H groups in total. The number of hydrogen-bond acceptors (Lipinski definition) is 2. The molecule has 2 radical (unpaired) electrons. The third-order valence-corrected chi connectivity index (χ3v) is 2.50. The van der Waals surface area contributed by atoms with Crippen LogP contribution in [0.2, 0.25) is 0 Å².